The molecule has 0 bridgehead atoms. The van der Waals surface area contributed by atoms with Gasteiger partial charge in [-0.2, -0.15) is 0 Å². The standard InChI is InChI=1S/C17H33N3O2/c1-5-18-17(19-10-7-6-8-16(21)22-4)20-11-9-15(13-20)12-14(2)3/h14-15H,5-13H2,1-4H3,(H,18,19). The zero-order chi connectivity index (χ0) is 16.4. The summed E-state index contributed by atoms with van der Waals surface area (Å²) in [5.74, 6) is 2.46. The highest BCUT2D eigenvalue weighted by atomic mass is 16.5. The first-order chi connectivity index (χ1) is 10.6. The zero-order valence-electron chi connectivity index (χ0n) is 14.7. The van der Waals surface area contributed by atoms with E-state index in [9.17, 15) is 4.79 Å². The van der Waals surface area contributed by atoms with E-state index in [0.29, 0.717) is 6.42 Å². The molecule has 0 amide bonds. The second-order valence-electron chi connectivity index (χ2n) is 6.50. The Balaban J connectivity index is 2.37. The molecule has 1 heterocycles. The number of hydrogen-bond acceptors (Lipinski definition) is 3. The molecule has 1 N–H and O–H groups in total. The lowest BCUT2D eigenvalue weighted by Crippen LogP contribution is -2.40. The summed E-state index contributed by atoms with van der Waals surface area (Å²) >= 11 is 0. The van der Waals surface area contributed by atoms with Crippen molar-refractivity contribution in [3.8, 4) is 0 Å². The third kappa shape index (κ3) is 7.14. The fraction of sp³-hybridized carbons (Fsp3) is 0.882. The number of guanidine groups is 1. The van der Waals surface area contributed by atoms with E-state index in [1.165, 1.54) is 20.0 Å². The van der Waals surface area contributed by atoms with Crippen LogP contribution in [0.4, 0.5) is 0 Å². The van der Waals surface area contributed by atoms with Crippen molar-refractivity contribution < 1.29 is 9.53 Å². The van der Waals surface area contributed by atoms with Crippen LogP contribution in [0.25, 0.3) is 0 Å². The van der Waals surface area contributed by atoms with Crippen LogP contribution >= 0.6 is 0 Å². The molecule has 0 spiro atoms. The van der Waals surface area contributed by atoms with E-state index < -0.39 is 0 Å². The van der Waals surface area contributed by atoms with Crippen LogP contribution in [0.3, 0.4) is 0 Å². The summed E-state index contributed by atoms with van der Waals surface area (Å²) < 4.78 is 4.65. The van der Waals surface area contributed by atoms with Crippen LogP contribution in [0.5, 0.6) is 0 Å². The van der Waals surface area contributed by atoms with Crippen molar-refractivity contribution in [2.75, 3.05) is 33.3 Å². The molecule has 1 fully saturated rings. The largest absolute Gasteiger partial charge is 0.469 e. The van der Waals surface area contributed by atoms with Crippen LogP contribution in [-0.4, -0.2) is 50.1 Å². The van der Waals surface area contributed by atoms with Crippen LogP contribution in [-0.2, 0) is 9.53 Å². The molecule has 0 radical (unpaired) electrons. The molecule has 0 aromatic rings. The minimum Gasteiger partial charge on any atom is -0.469 e. The molecule has 1 aliphatic heterocycles. The quantitative estimate of drug-likeness (QED) is 0.324. The topological polar surface area (TPSA) is 53.9 Å². The molecule has 22 heavy (non-hydrogen) atoms. The monoisotopic (exact) mass is 311 g/mol. The number of rotatable bonds is 8. The Morgan fingerprint density at radius 1 is 1.41 bits per heavy atom. The predicted octanol–water partition coefficient (Wildman–Crippen LogP) is 2.66. The van der Waals surface area contributed by atoms with Crippen molar-refractivity contribution in [3.05, 3.63) is 0 Å². The van der Waals surface area contributed by atoms with Crippen molar-refractivity contribution in [1.29, 1.82) is 0 Å². The van der Waals surface area contributed by atoms with Gasteiger partial charge in [-0.05, 0) is 44.4 Å². The number of unbranched alkanes of at least 4 members (excludes halogenated alkanes) is 1. The normalized spacial score (nSPS) is 18.9. The van der Waals surface area contributed by atoms with Gasteiger partial charge >= 0.3 is 5.97 Å². The van der Waals surface area contributed by atoms with Gasteiger partial charge in [0.05, 0.1) is 7.11 Å². The van der Waals surface area contributed by atoms with E-state index in [4.69, 9.17) is 4.99 Å². The summed E-state index contributed by atoms with van der Waals surface area (Å²) in [6.45, 7) is 10.6. The predicted molar refractivity (Wildman–Crippen MR) is 91.0 cm³/mol. The first-order valence-corrected chi connectivity index (χ1v) is 8.66. The van der Waals surface area contributed by atoms with Crippen molar-refractivity contribution in [1.82, 2.24) is 10.2 Å². The minimum atomic E-state index is -0.132. The number of aliphatic imine (C=N–C) groups is 1. The van der Waals surface area contributed by atoms with Gasteiger partial charge in [0.15, 0.2) is 5.96 Å². The molecule has 5 nitrogen and oxygen atoms in total. The van der Waals surface area contributed by atoms with Crippen LogP contribution in [0.15, 0.2) is 4.99 Å². The van der Waals surface area contributed by atoms with Crippen LogP contribution in [0.1, 0.15) is 52.9 Å². The van der Waals surface area contributed by atoms with Crippen LogP contribution in [0.2, 0.25) is 0 Å². The summed E-state index contributed by atoms with van der Waals surface area (Å²) in [7, 11) is 1.44. The average molecular weight is 311 g/mol. The number of nitrogens with zero attached hydrogens (tertiary/aromatic N) is 2. The highest BCUT2D eigenvalue weighted by Crippen LogP contribution is 2.23. The second kappa shape index (κ2) is 10.5. The first kappa shape index (κ1) is 18.8. The Morgan fingerprint density at radius 2 is 2.18 bits per heavy atom. The second-order valence-corrected chi connectivity index (χ2v) is 6.50. The van der Waals surface area contributed by atoms with E-state index in [1.54, 1.807) is 0 Å². The number of carbonyl (C=O) groups excluding carboxylic acids is 1. The molecule has 128 valence electrons. The van der Waals surface area contributed by atoms with Gasteiger partial charge in [-0.15, -0.1) is 0 Å². The lowest BCUT2D eigenvalue weighted by Gasteiger charge is -2.22. The third-order valence-corrected chi connectivity index (χ3v) is 4.00. The summed E-state index contributed by atoms with van der Waals surface area (Å²) in [4.78, 5) is 18.2. The maximum absolute atomic E-state index is 11.1. The number of likely N-dealkylation sites (tertiary alicyclic amines) is 1. The number of esters is 1. The molecule has 1 unspecified atom stereocenters. The number of carbonyl (C=O) groups is 1. The maximum atomic E-state index is 11.1. The van der Waals surface area contributed by atoms with Crippen LogP contribution in [0, 0.1) is 11.8 Å². The SMILES string of the molecule is CCNC(=NCCCCC(=O)OC)N1CCC(CC(C)C)C1. The van der Waals surface area contributed by atoms with Crippen molar-refractivity contribution >= 4 is 11.9 Å². The number of nitrogens with one attached hydrogen (secondary N) is 1. The molecular formula is C17H33N3O2. The van der Waals surface area contributed by atoms with Crippen LogP contribution < -0.4 is 5.32 Å². The van der Waals surface area contributed by atoms with Gasteiger partial charge in [0.1, 0.15) is 0 Å². The number of methoxy groups -OCH3 is 1. The Bertz CT molecular complexity index is 356. The van der Waals surface area contributed by atoms with E-state index in [2.05, 4.69) is 35.7 Å². The average Bonchev–Trinajstić information content (AvgIpc) is 2.93. The highest BCUT2D eigenvalue weighted by molar-refractivity contribution is 5.80. The van der Waals surface area contributed by atoms with Gasteiger partial charge in [-0.3, -0.25) is 9.79 Å². The Kier molecular flexibility index (Phi) is 8.94. The Labute approximate surface area is 135 Å². The third-order valence-electron chi connectivity index (χ3n) is 4.00. The van der Waals surface area contributed by atoms with E-state index in [-0.39, 0.29) is 5.97 Å². The molecule has 1 saturated heterocycles. The molecular weight excluding hydrogens is 278 g/mol. The van der Waals surface area contributed by atoms with Crippen molar-refractivity contribution in [2.24, 2.45) is 16.8 Å². The molecule has 1 aliphatic rings. The summed E-state index contributed by atoms with van der Waals surface area (Å²) in [5, 5.41) is 3.39. The summed E-state index contributed by atoms with van der Waals surface area (Å²) in [6.07, 6.45) is 4.82. The maximum Gasteiger partial charge on any atom is 0.305 e. The fourth-order valence-corrected chi connectivity index (χ4v) is 2.98. The van der Waals surface area contributed by atoms with E-state index >= 15 is 0 Å². The van der Waals surface area contributed by atoms with E-state index in [0.717, 1.165) is 56.8 Å². The molecule has 5 heteroatoms. The molecule has 0 aromatic carbocycles. The van der Waals surface area contributed by atoms with Gasteiger partial charge in [0.2, 0.25) is 0 Å². The molecule has 1 rings (SSSR count). The van der Waals surface area contributed by atoms with Gasteiger partial charge in [-0.25, -0.2) is 0 Å². The van der Waals surface area contributed by atoms with Gasteiger partial charge in [-0.1, -0.05) is 13.8 Å². The van der Waals surface area contributed by atoms with Crippen molar-refractivity contribution in [2.45, 2.75) is 52.9 Å². The number of ether oxygens (including phenoxy) is 1. The number of hydrogen-bond donors (Lipinski definition) is 1. The lowest BCUT2D eigenvalue weighted by atomic mass is 9.97. The minimum absolute atomic E-state index is 0.132. The van der Waals surface area contributed by atoms with E-state index in [1.807, 2.05) is 0 Å². The molecule has 0 aromatic heterocycles. The van der Waals surface area contributed by atoms with Gasteiger partial charge in [0, 0.05) is 32.6 Å². The highest BCUT2D eigenvalue weighted by Gasteiger charge is 2.25. The summed E-state index contributed by atoms with van der Waals surface area (Å²) in [6, 6.07) is 0. The van der Waals surface area contributed by atoms with Gasteiger partial charge in [0.25, 0.3) is 0 Å². The Hall–Kier alpha value is -1.26. The fourth-order valence-electron chi connectivity index (χ4n) is 2.98. The molecule has 0 saturated carbocycles. The van der Waals surface area contributed by atoms with Gasteiger partial charge < -0.3 is 15.0 Å². The smallest absolute Gasteiger partial charge is 0.305 e. The van der Waals surface area contributed by atoms with Crippen molar-refractivity contribution in [3.63, 3.8) is 0 Å². The molecule has 1 atom stereocenters. The lowest BCUT2D eigenvalue weighted by molar-refractivity contribution is -0.140. The summed E-state index contributed by atoms with van der Waals surface area (Å²) in [5.41, 5.74) is 0. The molecule has 0 aliphatic carbocycles. The zero-order valence-corrected chi connectivity index (χ0v) is 14.7. The Morgan fingerprint density at radius 3 is 2.82 bits per heavy atom. The first-order valence-electron chi connectivity index (χ1n) is 8.66.